The minimum Gasteiger partial charge on any atom is -0.261 e. The van der Waals surface area contributed by atoms with Crippen LogP contribution in [0.1, 0.15) is 39.0 Å². The Bertz CT molecular complexity index is 606. The number of aromatic nitrogens is 1. The summed E-state index contributed by atoms with van der Waals surface area (Å²) in [4.78, 5) is 4.56. The molecular weight excluding hydrogens is 218 g/mol. The molecule has 1 nitrogen and oxygen atoms in total. The maximum absolute atomic E-state index is 4.56. The number of nitrogens with zero attached hydrogens (tertiary/aromatic N) is 1. The number of fused-ring (bicyclic) bond motifs is 1. The number of allylic oxidation sites excluding steroid dienone is 2. The quantitative estimate of drug-likeness (QED) is 0.687. The van der Waals surface area contributed by atoms with Crippen LogP contribution in [0.5, 0.6) is 0 Å². The van der Waals surface area contributed by atoms with Gasteiger partial charge in [0.1, 0.15) is 0 Å². The normalized spacial score (nSPS) is 13.1. The van der Waals surface area contributed by atoms with Crippen LogP contribution in [0.15, 0.2) is 42.1 Å². The van der Waals surface area contributed by atoms with Gasteiger partial charge >= 0.3 is 0 Å². The van der Waals surface area contributed by atoms with Gasteiger partial charge in [-0.1, -0.05) is 49.8 Å². The average molecular weight is 239 g/mol. The summed E-state index contributed by atoms with van der Waals surface area (Å²) < 4.78 is 0. The van der Waals surface area contributed by atoms with Crippen molar-refractivity contribution in [1.82, 2.24) is 4.98 Å². The Morgan fingerprint density at radius 3 is 2.56 bits per heavy atom. The lowest BCUT2D eigenvalue weighted by molar-refractivity contribution is 0.620. The lowest BCUT2D eigenvalue weighted by atomic mass is 9.75. The third-order valence-corrected chi connectivity index (χ3v) is 4.03. The molecule has 0 saturated carbocycles. The summed E-state index contributed by atoms with van der Waals surface area (Å²) in [6.45, 7) is 11.0. The Morgan fingerprint density at radius 1 is 1.22 bits per heavy atom. The zero-order valence-electron chi connectivity index (χ0n) is 11.9. The first-order chi connectivity index (χ1) is 8.48. The van der Waals surface area contributed by atoms with Gasteiger partial charge in [-0.05, 0) is 31.7 Å². The standard InChI is InChI=1S/C17H21N/c1-6-12(2)17(4,5)16-13(3)18-11-14-9-7-8-10-15(14)16/h6-11H,1-5H3/b12-6+. The number of rotatable bonds is 2. The third kappa shape index (κ3) is 1.94. The van der Waals surface area contributed by atoms with E-state index in [4.69, 9.17) is 0 Å². The van der Waals surface area contributed by atoms with E-state index in [1.54, 1.807) is 0 Å². The van der Waals surface area contributed by atoms with E-state index in [9.17, 15) is 0 Å². The molecule has 1 aromatic carbocycles. The molecule has 1 aromatic heterocycles. The van der Waals surface area contributed by atoms with Crippen LogP contribution in [0.4, 0.5) is 0 Å². The maximum atomic E-state index is 4.56. The first kappa shape index (κ1) is 12.8. The van der Waals surface area contributed by atoms with Gasteiger partial charge in [0.05, 0.1) is 0 Å². The Hall–Kier alpha value is -1.63. The zero-order chi connectivity index (χ0) is 13.3. The Labute approximate surface area is 110 Å². The molecule has 2 aromatic rings. The van der Waals surface area contributed by atoms with Gasteiger partial charge in [-0.25, -0.2) is 0 Å². The van der Waals surface area contributed by atoms with E-state index in [1.807, 2.05) is 6.20 Å². The highest BCUT2D eigenvalue weighted by molar-refractivity contribution is 5.87. The second-order valence-electron chi connectivity index (χ2n) is 5.40. The van der Waals surface area contributed by atoms with Crippen molar-refractivity contribution in [2.75, 3.05) is 0 Å². The van der Waals surface area contributed by atoms with E-state index in [2.05, 4.69) is 69.9 Å². The van der Waals surface area contributed by atoms with Gasteiger partial charge in [0.15, 0.2) is 0 Å². The van der Waals surface area contributed by atoms with Crippen LogP contribution in [0.2, 0.25) is 0 Å². The molecule has 0 unspecified atom stereocenters. The Balaban J connectivity index is 2.81. The van der Waals surface area contributed by atoms with Gasteiger partial charge in [0.25, 0.3) is 0 Å². The largest absolute Gasteiger partial charge is 0.261 e. The summed E-state index contributed by atoms with van der Waals surface area (Å²) in [5, 5.41) is 2.53. The van der Waals surface area contributed by atoms with E-state index in [0.717, 1.165) is 5.69 Å². The Kier molecular flexibility index (Phi) is 3.25. The molecule has 0 fully saturated rings. The molecule has 0 aliphatic carbocycles. The second-order valence-corrected chi connectivity index (χ2v) is 5.40. The third-order valence-electron chi connectivity index (χ3n) is 4.03. The molecule has 0 amide bonds. The number of pyridine rings is 1. The SMILES string of the molecule is C/C=C(\C)C(C)(C)c1c(C)ncc2ccccc12. The zero-order valence-corrected chi connectivity index (χ0v) is 11.9. The number of benzene rings is 1. The van der Waals surface area contributed by atoms with E-state index in [-0.39, 0.29) is 5.41 Å². The minimum atomic E-state index is 0.0205. The summed E-state index contributed by atoms with van der Waals surface area (Å²) in [5.41, 5.74) is 3.87. The van der Waals surface area contributed by atoms with Crippen molar-refractivity contribution >= 4 is 10.8 Å². The molecular formula is C17H21N. The van der Waals surface area contributed by atoms with Crippen LogP contribution >= 0.6 is 0 Å². The average Bonchev–Trinajstić information content (AvgIpc) is 2.37. The van der Waals surface area contributed by atoms with Crippen LogP contribution in [0.3, 0.4) is 0 Å². The van der Waals surface area contributed by atoms with Gasteiger partial charge in [0.2, 0.25) is 0 Å². The molecule has 0 aliphatic heterocycles. The van der Waals surface area contributed by atoms with Gasteiger partial charge in [-0.3, -0.25) is 4.98 Å². The summed E-state index contributed by atoms with van der Waals surface area (Å²) in [6, 6.07) is 8.50. The summed E-state index contributed by atoms with van der Waals surface area (Å²) >= 11 is 0. The van der Waals surface area contributed by atoms with E-state index < -0.39 is 0 Å². The number of aryl methyl sites for hydroxylation is 1. The molecule has 0 bridgehead atoms. The number of hydrogen-bond acceptors (Lipinski definition) is 1. The van der Waals surface area contributed by atoms with Crippen LogP contribution in [-0.4, -0.2) is 4.98 Å². The second kappa shape index (κ2) is 4.56. The van der Waals surface area contributed by atoms with Gasteiger partial charge in [-0.2, -0.15) is 0 Å². The molecule has 0 spiro atoms. The molecule has 1 heteroatoms. The fourth-order valence-electron chi connectivity index (χ4n) is 2.61. The van der Waals surface area contributed by atoms with Crippen LogP contribution in [0.25, 0.3) is 10.8 Å². The highest BCUT2D eigenvalue weighted by Gasteiger charge is 2.26. The van der Waals surface area contributed by atoms with E-state index >= 15 is 0 Å². The highest BCUT2D eigenvalue weighted by atomic mass is 14.7. The fraction of sp³-hybridized carbons (Fsp3) is 0.353. The first-order valence-corrected chi connectivity index (χ1v) is 6.46. The molecule has 18 heavy (non-hydrogen) atoms. The molecule has 94 valence electrons. The fourth-order valence-corrected chi connectivity index (χ4v) is 2.61. The molecule has 2 rings (SSSR count). The molecule has 0 aliphatic rings. The molecule has 1 heterocycles. The number of hydrogen-bond donors (Lipinski definition) is 0. The van der Waals surface area contributed by atoms with Crippen LogP contribution < -0.4 is 0 Å². The van der Waals surface area contributed by atoms with Crippen LogP contribution in [-0.2, 0) is 5.41 Å². The predicted octanol–water partition coefficient (Wildman–Crippen LogP) is 4.79. The lowest BCUT2D eigenvalue weighted by Gasteiger charge is -2.29. The minimum absolute atomic E-state index is 0.0205. The van der Waals surface area contributed by atoms with Crippen molar-refractivity contribution in [3.63, 3.8) is 0 Å². The summed E-state index contributed by atoms with van der Waals surface area (Å²) in [7, 11) is 0. The van der Waals surface area contributed by atoms with Crippen molar-refractivity contribution in [1.29, 1.82) is 0 Å². The topological polar surface area (TPSA) is 12.9 Å². The summed E-state index contributed by atoms with van der Waals surface area (Å²) in [6.07, 6.45) is 4.16. The van der Waals surface area contributed by atoms with Gasteiger partial charge < -0.3 is 0 Å². The molecule has 0 saturated heterocycles. The van der Waals surface area contributed by atoms with Crippen LogP contribution in [0, 0.1) is 6.92 Å². The first-order valence-electron chi connectivity index (χ1n) is 6.46. The van der Waals surface area contributed by atoms with E-state index in [0.29, 0.717) is 0 Å². The van der Waals surface area contributed by atoms with Crippen molar-refractivity contribution in [2.45, 2.75) is 40.0 Å². The highest BCUT2D eigenvalue weighted by Crippen LogP contribution is 2.37. The predicted molar refractivity (Wildman–Crippen MR) is 78.9 cm³/mol. The van der Waals surface area contributed by atoms with Gasteiger partial charge in [-0.15, -0.1) is 0 Å². The monoisotopic (exact) mass is 239 g/mol. The van der Waals surface area contributed by atoms with E-state index in [1.165, 1.54) is 21.9 Å². The molecule has 0 radical (unpaired) electrons. The van der Waals surface area contributed by atoms with Crippen molar-refractivity contribution in [2.24, 2.45) is 0 Å². The summed E-state index contributed by atoms with van der Waals surface area (Å²) in [5.74, 6) is 0. The van der Waals surface area contributed by atoms with Crippen molar-refractivity contribution < 1.29 is 0 Å². The maximum Gasteiger partial charge on any atom is 0.0419 e. The van der Waals surface area contributed by atoms with Crippen molar-refractivity contribution in [3.8, 4) is 0 Å². The Morgan fingerprint density at radius 2 is 1.89 bits per heavy atom. The smallest absolute Gasteiger partial charge is 0.0419 e. The van der Waals surface area contributed by atoms with Gasteiger partial charge in [0, 0.05) is 22.7 Å². The molecule has 0 N–H and O–H groups in total. The molecule has 0 atom stereocenters. The van der Waals surface area contributed by atoms with Crippen molar-refractivity contribution in [3.05, 3.63) is 53.4 Å². The lowest BCUT2D eigenvalue weighted by Crippen LogP contribution is -2.21.